The summed E-state index contributed by atoms with van der Waals surface area (Å²) in [4.78, 5) is 37.7. The van der Waals surface area contributed by atoms with Crippen LogP contribution < -0.4 is 27.3 Å². The molecule has 31 heavy (non-hydrogen) atoms. The van der Waals surface area contributed by atoms with E-state index < -0.39 is 17.1 Å². The first-order chi connectivity index (χ1) is 14.7. The molecule has 1 saturated carbocycles. The van der Waals surface area contributed by atoms with E-state index in [1.807, 2.05) is 11.9 Å². The summed E-state index contributed by atoms with van der Waals surface area (Å²) in [5, 5.41) is 10.2. The molecule has 0 amide bonds. The zero-order chi connectivity index (χ0) is 22.3. The predicted molar refractivity (Wildman–Crippen MR) is 116 cm³/mol. The van der Waals surface area contributed by atoms with Gasteiger partial charge in [0.25, 0.3) is 11.1 Å². The van der Waals surface area contributed by atoms with E-state index in [1.54, 1.807) is 6.07 Å². The van der Waals surface area contributed by atoms with Crippen LogP contribution in [-0.4, -0.2) is 25.0 Å². The predicted octanol–water partition coefficient (Wildman–Crippen LogP) is 2.59. The molecule has 0 saturated heterocycles. The summed E-state index contributed by atoms with van der Waals surface area (Å²) in [5.41, 5.74) is 4.36. The van der Waals surface area contributed by atoms with Gasteiger partial charge in [-0.2, -0.15) is 4.68 Å². The van der Waals surface area contributed by atoms with Crippen LogP contribution in [0.1, 0.15) is 37.7 Å². The molecule has 1 aromatic carbocycles. The van der Waals surface area contributed by atoms with Gasteiger partial charge in [-0.15, -0.1) is 10.2 Å². The standard InChI is InChI=1S/C19H18Cl2N6O4/c1-8(9-3-2-4-9)11-7-14(24-25-17(11)28)31-15-12(20)5-10(6-13(15)21)27-19(30)23-18(29)16(22)26-27/h5-9H,2-4H2,1H3,(H2,22,26)(H,25,28)(H,23,29,30)/t8-/m0/s1. The summed E-state index contributed by atoms with van der Waals surface area (Å²) in [6.07, 6.45) is 3.33. The highest BCUT2D eigenvalue weighted by atomic mass is 35.5. The van der Waals surface area contributed by atoms with Gasteiger partial charge in [0.2, 0.25) is 11.7 Å². The van der Waals surface area contributed by atoms with Crippen LogP contribution in [0.5, 0.6) is 11.6 Å². The van der Waals surface area contributed by atoms with Crippen LogP contribution in [0, 0.1) is 5.92 Å². The van der Waals surface area contributed by atoms with Crippen molar-refractivity contribution in [2.24, 2.45) is 5.92 Å². The number of aromatic nitrogens is 5. The maximum Gasteiger partial charge on any atom is 0.349 e. The van der Waals surface area contributed by atoms with Crippen molar-refractivity contribution in [2.45, 2.75) is 32.1 Å². The summed E-state index contributed by atoms with van der Waals surface area (Å²) >= 11 is 12.6. The number of halogens is 2. The van der Waals surface area contributed by atoms with Gasteiger partial charge in [0.1, 0.15) is 0 Å². The third-order valence-electron chi connectivity index (χ3n) is 5.44. The number of hydrogen-bond acceptors (Lipinski definition) is 7. The lowest BCUT2D eigenvalue weighted by Crippen LogP contribution is -2.33. The number of hydrogen-bond donors (Lipinski definition) is 3. The average molecular weight is 465 g/mol. The summed E-state index contributed by atoms with van der Waals surface area (Å²) in [5.74, 6) is 0.344. The van der Waals surface area contributed by atoms with E-state index >= 15 is 0 Å². The molecule has 3 aromatic rings. The summed E-state index contributed by atoms with van der Waals surface area (Å²) in [6.45, 7) is 2.01. The zero-order valence-corrected chi connectivity index (χ0v) is 17.8. The fourth-order valence-electron chi connectivity index (χ4n) is 3.44. The number of ether oxygens (including phenoxy) is 1. The van der Waals surface area contributed by atoms with Gasteiger partial charge in [0, 0.05) is 11.6 Å². The highest BCUT2D eigenvalue weighted by Gasteiger charge is 2.27. The largest absolute Gasteiger partial charge is 0.434 e. The van der Waals surface area contributed by atoms with Crippen molar-refractivity contribution in [3.05, 3.63) is 65.0 Å². The van der Waals surface area contributed by atoms with Crippen LogP contribution in [0.2, 0.25) is 10.0 Å². The van der Waals surface area contributed by atoms with E-state index in [9.17, 15) is 14.4 Å². The molecule has 4 rings (SSSR count). The molecule has 1 aliphatic rings. The maximum atomic E-state index is 12.2. The molecule has 10 nitrogen and oxygen atoms in total. The number of nitrogens with zero attached hydrogens (tertiary/aromatic N) is 3. The van der Waals surface area contributed by atoms with Crippen molar-refractivity contribution in [3.63, 3.8) is 0 Å². The van der Waals surface area contributed by atoms with Crippen molar-refractivity contribution in [1.82, 2.24) is 25.0 Å². The van der Waals surface area contributed by atoms with Crippen molar-refractivity contribution in [3.8, 4) is 17.3 Å². The number of benzene rings is 1. The Bertz CT molecular complexity index is 1300. The Kier molecular flexibility index (Phi) is 5.59. The lowest BCUT2D eigenvalue weighted by atomic mass is 9.74. The number of anilines is 1. The molecule has 162 valence electrons. The van der Waals surface area contributed by atoms with Gasteiger partial charge in [-0.25, -0.2) is 9.89 Å². The third-order valence-corrected chi connectivity index (χ3v) is 6.01. The average Bonchev–Trinajstić information content (AvgIpc) is 2.67. The second-order valence-corrected chi connectivity index (χ2v) is 8.18. The Hall–Kier alpha value is -3.11. The van der Waals surface area contributed by atoms with Crippen molar-refractivity contribution in [1.29, 1.82) is 0 Å². The monoisotopic (exact) mass is 464 g/mol. The van der Waals surface area contributed by atoms with Crippen LogP contribution in [0.4, 0.5) is 5.82 Å². The minimum atomic E-state index is -0.808. The van der Waals surface area contributed by atoms with Gasteiger partial charge in [-0.1, -0.05) is 36.5 Å². The van der Waals surface area contributed by atoms with E-state index in [0.29, 0.717) is 11.5 Å². The van der Waals surface area contributed by atoms with E-state index in [4.69, 9.17) is 33.7 Å². The van der Waals surface area contributed by atoms with Crippen LogP contribution in [0.15, 0.2) is 32.6 Å². The van der Waals surface area contributed by atoms with Gasteiger partial charge in [0.05, 0.1) is 15.7 Å². The smallest absolute Gasteiger partial charge is 0.349 e. The number of nitrogens with one attached hydrogen (secondary N) is 2. The summed E-state index contributed by atoms with van der Waals surface area (Å²) in [7, 11) is 0. The molecule has 4 N–H and O–H groups in total. The van der Waals surface area contributed by atoms with Gasteiger partial charge >= 0.3 is 5.69 Å². The molecule has 0 unspecified atom stereocenters. The summed E-state index contributed by atoms with van der Waals surface area (Å²) < 4.78 is 6.60. The fraction of sp³-hybridized carbons (Fsp3) is 0.316. The number of H-pyrrole nitrogens is 2. The molecule has 2 heterocycles. The fourth-order valence-corrected chi connectivity index (χ4v) is 4.00. The lowest BCUT2D eigenvalue weighted by molar-refractivity contribution is 0.270. The molecule has 0 radical (unpaired) electrons. The molecular weight excluding hydrogens is 447 g/mol. The normalized spacial score (nSPS) is 14.8. The Balaban J connectivity index is 1.67. The first-order valence-corrected chi connectivity index (χ1v) is 10.3. The van der Waals surface area contributed by atoms with Crippen LogP contribution in [-0.2, 0) is 0 Å². The molecule has 1 atom stereocenters. The summed E-state index contributed by atoms with van der Waals surface area (Å²) in [6, 6.07) is 4.33. The van der Waals surface area contributed by atoms with Gasteiger partial charge in [-0.05, 0) is 36.8 Å². The van der Waals surface area contributed by atoms with Crippen molar-refractivity contribution < 1.29 is 4.74 Å². The third kappa shape index (κ3) is 4.08. The molecule has 1 aliphatic carbocycles. The topological polar surface area (TPSA) is 149 Å². The van der Waals surface area contributed by atoms with Crippen LogP contribution in [0.25, 0.3) is 5.69 Å². The second kappa shape index (κ2) is 8.20. The lowest BCUT2D eigenvalue weighted by Gasteiger charge is -2.31. The van der Waals surface area contributed by atoms with Crippen molar-refractivity contribution in [2.75, 3.05) is 5.73 Å². The Morgan fingerprint density at radius 1 is 1.16 bits per heavy atom. The molecule has 0 aliphatic heterocycles. The van der Waals surface area contributed by atoms with Crippen LogP contribution in [0.3, 0.4) is 0 Å². The molecular formula is C19H18Cl2N6O4. The Morgan fingerprint density at radius 2 is 1.84 bits per heavy atom. The maximum absolute atomic E-state index is 12.2. The molecule has 12 heteroatoms. The van der Waals surface area contributed by atoms with E-state index in [-0.39, 0.29) is 38.8 Å². The van der Waals surface area contributed by atoms with Crippen molar-refractivity contribution >= 4 is 29.0 Å². The zero-order valence-electron chi connectivity index (χ0n) is 16.3. The number of nitrogens with two attached hydrogens (primary N) is 1. The number of aromatic amines is 2. The van der Waals surface area contributed by atoms with E-state index in [0.717, 1.165) is 23.9 Å². The van der Waals surface area contributed by atoms with Crippen LogP contribution >= 0.6 is 23.2 Å². The Labute approximate surface area is 185 Å². The minimum Gasteiger partial charge on any atom is -0.434 e. The van der Waals surface area contributed by atoms with Gasteiger partial charge in [-0.3, -0.25) is 14.6 Å². The molecule has 2 aromatic heterocycles. The van der Waals surface area contributed by atoms with Gasteiger partial charge < -0.3 is 10.5 Å². The highest BCUT2D eigenvalue weighted by molar-refractivity contribution is 6.37. The Morgan fingerprint density at radius 3 is 2.45 bits per heavy atom. The second-order valence-electron chi connectivity index (χ2n) is 7.37. The SMILES string of the molecule is C[C@H](c1cc(Oc2c(Cl)cc(-n3nc(N)c(=O)[nH]c3=O)cc2Cl)n[nH]c1=O)C1CCC1. The quantitative estimate of drug-likeness (QED) is 0.524. The highest BCUT2D eigenvalue weighted by Crippen LogP contribution is 2.40. The minimum absolute atomic E-state index is 0.0579. The molecule has 1 fully saturated rings. The first-order valence-electron chi connectivity index (χ1n) is 9.50. The van der Waals surface area contributed by atoms with Gasteiger partial charge in [0.15, 0.2) is 5.75 Å². The van der Waals surface area contributed by atoms with E-state index in [1.165, 1.54) is 12.1 Å². The number of nitrogen functional groups attached to an aromatic ring is 1. The first kappa shape index (κ1) is 21.1. The molecule has 0 bridgehead atoms. The molecule has 0 spiro atoms. The van der Waals surface area contributed by atoms with E-state index in [2.05, 4.69) is 15.3 Å². The number of rotatable bonds is 5.